The Morgan fingerprint density at radius 1 is 1.16 bits per heavy atom. The largest absolute Gasteiger partial charge is 0.339 e. The smallest absolute Gasteiger partial charge is 0.265 e. The maximum atomic E-state index is 12.4. The average Bonchev–Trinajstić information content (AvgIpc) is 2.76. The molecule has 6 heteroatoms. The second kappa shape index (κ2) is 5.69. The molecule has 0 bridgehead atoms. The third kappa shape index (κ3) is 2.94. The van der Waals surface area contributed by atoms with Crippen LogP contribution in [0.15, 0.2) is 0 Å². The monoisotopic (exact) mass is 281 g/mol. The molecule has 19 heavy (non-hydrogen) atoms. The predicted octanol–water partition coefficient (Wildman–Crippen LogP) is 1.45. The third-order valence-electron chi connectivity index (χ3n) is 3.32. The zero-order valence-corrected chi connectivity index (χ0v) is 12.4. The van der Waals surface area contributed by atoms with Gasteiger partial charge in [-0.1, -0.05) is 6.92 Å². The van der Waals surface area contributed by atoms with Crippen LogP contribution in [-0.4, -0.2) is 52.8 Å². The number of aromatic nitrogens is 1. The normalized spacial score (nSPS) is 15.7. The summed E-state index contributed by atoms with van der Waals surface area (Å²) >= 11 is 1.44. The number of carbonyl (C=O) groups excluding carboxylic acids is 2. The summed E-state index contributed by atoms with van der Waals surface area (Å²) in [6.07, 6.45) is 0.529. The van der Waals surface area contributed by atoms with E-state index in [1.54, 1.807) is 0 Å². The highest BCUT2D eigenvalue weighted by Gasteiger charge is 2.26. The fourth-order valence-electron chi connectivity index (χ4n) is 2.26. The summed E-state index contributed by atoms with van der Waals surface area (Å²) in [5, 5.41) is 0.917. The minimum absolute atomic E-state index is 0.0479. The molecule has 5 nitrogen and oxygen atoms in total. The zero-order chi connectivity index (χ0) is 14.0. The van der Waals surface area contributed by atoms with Crippen molar-refractivity contribution in [3.05, 3.63) is 15.6 Å². The summed E-state index contributed by atoms with van der Waals surface area (Å²) in [6.45, 7) is 8.13. The van der Waals surface area contributed by atoms with Gasteiger partial charge in [0.2, 0.25) is 5.91 Å². The number of rotatable bonds is 2. The van der Waals surface area contributed by atoms with E-state index in [1.807, 2.05) is 30.6 Å². The van der Waals surface area contributed by atoms with Crippen LogP contribution in [0, 0.1) is 13.8 Å². The van der Waals surface area contributed by atoms with Crippen molar-refractivity contribution in [3.8, 4) is 0 Å². The fraction of sp³-hybridized carbons (Fsp3) is 0.615. The van der Waals surface area contributed by atoms with Gasteiger partial charge in [-0.15, -0.1) is 11.3 Å². The van der Waals surface area contributed by atoms with E-state index in [0.29, 0.717) is 32.6 Å². The molecule has 2 amide bonds. The molecule has 0 N–H and O–H groups in total. The first-order valence-electron chi connectivity index (χ1n) is 6.54. The summed E-state index contributed by atoms with van der Waals surface area (Å²) < 4.78 is 0. The molecule has 104 valence electrons. The topological polar surface area (TPSA) is 53.5 Å². The van der Waals surface area contributed by atoms with E-state index in [9.17, 15) is 9.59 Å². The van der Waals surface area contributed by atoms with E-state index < -0.39 is 0 Å². The molecule has 1 aromatic heterocycles. The number of thiazole rings is 1. The molecule has 0 unspecified atom stereocenters. The van der Waals surface area contributed by atoms with E-state index in [4.69, 9.17) is 0 Å². The van der Waals surface area contributed by atoms with E-state index >= 15 is 0 Å². The van der Waals surface area contributed by atoms with Crippen LogP contribution in [0.5, 0.6) is 0 Å². The zero-order valence-electron chi connectivity index (χ0n) is 11.6. The highest BCUT2D eigenvalue weighted by molar-refractivity contribution is 7.13. The van der Waals surface area contributed by atoms with E-state index in [2.05, 4.69) is 4.98 Å². The second-order valence-corrected chi connectivity index (χ2v) is 5.88. The van der Waals surface area contributed by atoms with Gasteiger partial charge in [-0.3, -0.25) is 9.59 Å². The molecule has 0 radical (unpaired) electrons. The van der Waals surface area contributed by atoms with Crippen LogP contribution in [0.25, 0.3) is 0 Å². The summed E-state index contributed by atoms with van der Waals surface area (Å²) in [6, 6.07) is 0. The molecule has 1 aromatic rings. The van der Waals surface area contributed by atoms with Gasteiger partial charge in [0.25, 0.3) is 5.91 Å². The van der Waals surface area contributed by atoms with Crippen molar-refractivity contribution in [2.24, 2.45) is 0 Å². The number of hydrogen-bond acceptors (Lipinski definition) is 4. The SMILES string of the molecule is CCC(=O)N1CCN(C(=O)c2sc(C)nc2C)CC1. The third-order valence-corrected chi connectivity index (χ3v) is 4.38. The van der Waals surface area contributed by atoms with Gasteiger partial charge in [-0.2, -0.15) is 0 Å². The standard InChI is InChI=1S/C13H19N3O2S/c1-4-11(17)15-5-7-16(8-6-15)13(18)12-9(2)14-10(3)19-12/h4-8H2,1-3H3. The lowest BCUT2D eigenvalue weighted by Crippen LogP contribution is -2.50. The number of hydrogen-bond donors (Lipinski definition) is 0. The molecule has 1 aliphatic heterocycles. The molecular weight excluding hydrogens is 262 g/mol. The molecule has 0 atom stereocenters. The minimum atomic E-state index is 0.0479. The number of piperazine rings is 1. The van der Waals surface area contributed by atoms with E-state index in [0.717, 1.165) is 15.6 Å². The van der Waals surface area contributed by atoms with Crippen LogP contribution in [0.2, 0.25) is 0 Å². The summed E-state index contributed by atoms with van der Waals surface area (Å²) in [4.78, 5) is 32.6. The Morgan fingerprint density at radius 2 is 1.74 bits per heavy atom. The van der Waals surface area contributed by atoms with Crippen LogP contribution in [0.1, 0.15) is 33.7 Å². The molecular formula is C13H19N3O2S. The molecule has 2 rings (SSSR count). The van der Waals surface area contributed by atoms with Gasteiger partial charge in [0, 0.05) is 32.6 Å². The van der Waals surface area contributed by atoms with Gasteiger partial charge in [-0.25, -0.2) is 4.98 Å². The van der Waals surface area contributed by atoms with Crippen molar-refractivity contribution in [1.82, 2.24) is 14.8 Å². The van der Waals surface area contributed by atoms with E-state index in [1.165, 1.54) is 11.3 Å². The number of carbonyl (C=O) groups is 2. The lowest BCUT2D eigenvalue weighted by Gasteiger charge is -2.34. The molecule has 1 aliphatic rings. The lowest BCUT2D eigenvalue weighted by atomic mass is 10.2. The maximum absolute atomic E-state index is 12.4. The van der Waals surface area contributed by atoms with Gasteiger partial charge in [-0.05, 0) is 13.8 Å². The highest BCUT2D eigenvalue weighted by atomic mass is 32.1. The van der Waals surface area contributed by atoms with Crippen LogP contribution in [-0.2, 0) is 4.79 Å². The van der Waals surface area contributed by atoms with Crippen LogP contribution >= 0.6 is 11.3 Å². The molecule has 2 heterocycles. The Bertz CT molecular complexity index is 490. The Kier molecular flexibility index (Phi) is 4.19. The molecule has 0 spiro atoms. The average molecular weight is 281 g/mol. The summed E-state index contributed by atoms with van der Waals surface area (Å²) in [7, 11) is 0. The van der Waals surface area contributed by atoms with Crippen molar-refractivity contribution in [2.75, 3.05) is 26.2 Å². The maximum Gasteiger partial charge on any atom is 0.265 e. The van der Waals surface area contributed by atoms with Crippen molar-refractivity contribution < 1.29 is 9.59 Å². The van der Waals surface area contributed by atoms with Gasteiger partial charge >= 0.3 is 0 Å². The van der Waals surface area contributed by atoms with Gasteiger partial charge in [0.15, 0.2) is 0 Å². The van der Waals surface area contributed by atoms with Gasteiger partial charge in [0.05, 0.1) is 10.7 Å². The molecule has 0 saturated carbocycles. The van der Waals surface area contributed by atoms with Crippen molar-refractivity contribution in [2.45, 2.75) is 27.2 Å². The Labute approximate surface area is 117 Å². The minimum Gasteiger partial charge on any atom is -0.339 e. The number of aryl methyl sites for hydroxylation is 2. The number of amides is 2. The quantitative estimate of drug-likeness (QED) is 0.824. The fourth-order valence-corrected chi connectivity index (χ4v) is 3.14. The Balaban J connectivity index is 2.00. The molecule has 1 fully saturated rings. The van der Waals surface area contributed by atoms with Gasteiger partial charge < -0.3 is 9.80 Å². The number of nitrogens with zero attached hydrogens (tertiary/aromatic N) is 3. The molecule has 0 aromatic carbocycles. The van der Waals surface area contributed by atoms with Gasteiger partial charge in [0.1, 0.15) is 4.88 Å². The lowest BCUT2D eigenvalue weighted by molar-refractivity contribution is -0.132. The summed E-state index contributed by atoms with van der Waals surface area (Å²) in [5.41, 5.74) is 0.805. The first-order chi connectivity index (χ1) is 9.02. The van der Waals surface area contributed by atoms with E-state index in [-0.39, 0.29) is 11.8 Å². The molecule has 0 aliphatic carbocycles. The van der Waals surface area contributed by atoms with Crippen LogP contribution in [0.3, 0.4) is 0 Å². The Morgan fingerprint density at radius 3 is 2.21 bits per heavy atom. The van der Waals surface area contributed by atoms with Crippen LogP contribution in [0.4, 0.5) is 0 Å². The van der Waals surface area contributed by atoms with Crippen molar-refractivity contribution >= 4 is 23.2 Å². The van der Waals surface area contributed by atoms with Crippen molar-refractivity contribution in [1.29, 1.82) is 0 Å². The second-order valence-electron chi connectivity index (χ2n) is 4.67. The van der Waals surface area contributed by atoms with Crippen molar-refractivity contribution in [3.63, 3.8) is 0 Å². The molecule has 1 saturated heterocycles. The Hall–Kier alpha value is -1.43. The first kappa shape index (κ1) is 14.0. The van der Waals surface area contributed by atoms with Crippen LogP contribution < -0.4 is 0 Å². The summed E-state index contributed by atoms with van der Waals surface area (Å²) in [5.74, 6) is 0.212. The first-order valence-corrected chi connectivity index (χ1v) is 7.35. The predicted molar refractivity (Wildman–Crippen MR) is 74.4 cm³/mol. The highest BCUT2D eigenvalue weighted by Crippen LogP contribution is 2.20.